The van der Waals surface area contributed by atoms with Crippen molar-refractivity contribution in [3.63, 3.8) is 0 Å². The average molecular weight is 820 g/mol. The van der Waals surface area contributed by atoms with Crippen LogP contribution in [0.25, 0.3) is 0 Å². The van der Waals surface area contributed by atoms with Crippen LogP contribution in [-0.4, -0.2) is 22.4 Å². The summed E-state index contributed by atoms with van der Waals surface area (Å²) in [6.45, 7) is 39.5. The van der Waals surface area contributed by atoms with E-state index in [-0.39, 0.29) is 12.2 Å². The Hall–Kier alpha value is -0.0800. The molecule has 2 rings (SSSR count). The van der Waals surface area contributed by atoms with Gasteiger partial charge in [0, 0.05) is 0 Å². The van der Waals surface area contributed by atoms with Crippen molar-refractivity contribution < 1.29 is 10.2 Å². The highest BCUT2D eigenvalue weighted by Gasteiger charge is 2.44. The van der Waals surface area contributed by atoms with Crippen molar-refractivity contribution in [1.82, 2.24) is 0 Å². The zero-order valence-electron chi connectivity index (χ0n) is 43.4. The summed E-state index contributed by atoms with van der Waals surface area (Å²) in [5, 5.41) is 21.1. The number of hydrogen-bond donors (Lipinski definition) is 2. The predicted octanol–water partition coefficient (Wildman–Crippen LogP) is 18.2. The van der Waals surface area contributed by atoms with E-state index in [0.717, 1.165) is 41.9 Å². The molecule has 2 heteroatoms. The van der Waals surface area contributed by atoms with E-state index in [9.17, 15) is 10.2 Å². The van der Waals surface area contributed by atoms with Gasteiger partial charge >= 0.3 is 0 Å². The van der Waals surface area contributed by atoms with E-state index in [2.05, 4.69) is 90.0 Å². The SMILES string of the molecule is CC.CC.CC(CCCC[C@H](C)CCC[C@H](C)CCCC(C)CCC1C[C@@H](O)C(C)CC1(C)C)CCC[C@H](C)CCCCC(C)CCC1C(C)[C@@H](O)C(C)CC1(C)C. The molecule has 0 aromatic carbocycles. The molecule has 2 aliphatic carbocycles. The van der Waals surface area contributed by atoms with Crippen LogP contribution in [0, 0.1) is 75.9 Å². The fraction of sp³-hybridized carbons (Fsp3) is 1.00. The molecule has 2 nitrogen and oxygen atoms in total. The van der Waals surface area contributed by atoms with E-state index in [1.165, 1.54) is 148 Å². The second-order valence-corrected chi connectivity index (χ2v) is 22.9. The lowest BCUT2D eigenvalue weighted by Crippen LogP contribution is -2.45. The first kappa shape index (κ1) is 57.9. The highest BCUT2D eigenvalue weighted by Crippen LogP contribution is 2.49. The van der Waals surface area contributed by atoms with Crippen molar-refractivity contribution in [2.45, 2.75) is 284 Å². The van der Waals surface area contributed by atoms with Gasteiger partial charge in [-0.05, 0) is 108 Å². The van der Waals surface area contributed by atoms with Crippen LogP contribution in [0.2, 0.25) is 0 Å². The summed E-state index contributed by atoms with van der Waals surface area (Å²) in [6, 6.07) is 0. The fourth-order valence-electron chi connectivity index (χ4n) is 11.9. The molecule has 0 bridgehead atoms. The Labute approximate surface area is 368 Å². The first-order chi connectivity index (χ1) is 27.3. The Bertz CT molecular complexity index is 939. The van der Waals surface area contributed by atoms with Crippen LogP contribution in [0.1, 0.15) is 272 Å². The maximum absolute atomic E-state index is 10.7. The molecule has 2 N–H and O–H groups in total. The van der Waals surface area contributed by atoms with Crippen molar-refractivity contribution in [2.75, 3.05) is 0 Å². The van der Waals surface area contributed by atoms with E-state index in [1.807, 2.05) is 27.7 Å². The van der Waals surface area contributed by atoms with Crippen LogP contribution in [0.3, 0.4) is 0 Å². The Morgan fingerprint density at radius 2 is 0.741 bits per heavy atom. The van der Waals surface area contributed by atoms with Crippen LogP contribution in [0.4, 0.5) is 0 Å². The van der Waals surface area contributed by atoms with Gasteiger partial charge in [0.15, 0.2) is 0 Å². The molecule has 2 saturated carbocycles. The number of unbranched alkanes of at least 4 members (excludes halogenated alkanes) is 2. The molecule has 0 radical (unpaired) electrons. The van der Waals surface area contributed by atoms with Gasteiger partial charge in [-0.15, -0.1) is 0 Å². The third-order valence-electron chi connectivity index (χ3n) is 16.2. The highest BCUT2D eigenvalue weighted by atomic mass is 16.3. The van der Waals surface area contributed by atoms with Gasteiger partial charge in [-0.1, -0.05) is 240 Å². The molecule has 0 aromatic heterocycles. The zero-order valence-corrected chi connectivity index (χ0v) is 43.4. The smallest absolute Gasteiger partial charge is 0.0594 e. The maximum atomic E-state index is 10.7. The second kappa shape index (κ2) is 31.7. The molecular weight excluding hydrogens is 705 g/mol. The minimum Gasteiger partial charge on any atom is -0.393 e. The van der Waals surface area contributed by atoms with Gasteiger partial charge in [0.1, 0.15) is 0 Å². The van der Waals surface area contributed by atoms with Crippen molar-refractivity contribution in [2.24, 2.45) is 75.9 Å². The Balaban J connectivity index is 0.00000786. The van der Waals surface area contributed by atoms with Gasteiger partial charge in [-0.25, -0.2) is 0 Å². The van der Waals surface area contributed by atoms with Crippen molar-refractivity contribution in [3.05, 3.63) is 0 Å². The van der Waals surface area contributed by atoms with Crippen LogP contribution in [0.15, 0.2) is 0 Å². The number of aliphatic hydroxyl groups is 2. The van der Waals surface area contributed by atoms with Gasteiger partial charge in [-0.3, -0.25) is 0 Å². The van der Waals surface area contributed by atoms with Gasteiger partial charge in [-0.2, -0.15) is 0 Å². The molecule has 8 unspecified atom stereocenters. The van der Waals surface area contributed by atoms with Crippen LogP contribution >= 0.6 is 0 Å². The molecule has 0 aromatic rings. The zero-order chi connectivity index (χ0) is 44.5. The van der Waals surface area contributed by atoms with Crippen molar-refractivity contribution in [1.29, 1.82) is 0 Å². The van der Waals surface area contributed by atoms with Crippen LogP contribution in [-0.2, 0) is 0 Å². The summed E-state index contributed by atoms with van der Waals surface area (Å²) >= 11 is 0. The molecule has 13 atom stereocenters. The lowest BCUT2D eigenvalue weighted by atomic mass is 9.58. The lowest BCUT2D eigenvalue weighted by molar-refractivity contribution is -0.0662. The second-order valence-electron chi connectivity index (χ2n) is 22.9. The molecule has 0 heterocycles. The molecule has 2 fully saturated rings. The summed E-state index contributed by atoms with van der Waals surface area (Å²) in [5.74, 6) is 7.89. The van der Waals surface area contributed by atoms with E-state index in [1.54, 1.807) is 0 Å². The molecule has 0 aliphatic heterocycles. The summed E-state index contributed by atoms with van der Waals surface area (Å²) in [5.41, 5.74) is 0.751. The standard InChI is InChI=1S/C52H102O2.2C2H6/c1-38(25-18-26-40(3)23-16-17-24-42(5)32-34-48-46(9)50(54)45(8)37-52(48,12)13)21-14-15-22-39(2)27-19-28-41(4)29-20-30-43(6)31-33-47-35-49(53)44(7)36-51(47,10)11;2*1-2/h38-50,53-54H,14-37H2,1-13H3;2*1-2H3/t38?,39-,40+,41-,42?,43?,44?,45?,46?,47?,48?,49+,50-;;/m0../s1. The highest BCUT2D eigenvalue weighted by molar-refractivity contribution is 4.94. The number of rotatable bonds is 28. The molecule has 0 saturated heterocycles. The third-order valence-corrected chi connectivity index (χ3v) is 16.2. The van der Waals surface area contributed by atoms with Gasteiger partial charge in [0.25, 0.3) is 0 Å². The van der Waals surface area contributed by atoms with E-state index in [0.29, 0.717) is 40.4 Å². The summed E-state index contributed by atoms with van der Waals surface area (Å²) in [7, 11) is 0. The number of hydrogen-bond acceptors (Lipinski definition) is 2. The van der Waals surface area contributed by atoms with E-state index in [4.69, 9.17) is 0 Å². The van der Waals surface area contributed by atoms with Crippen LogP contribution in [0.5, 0.6) is 0 Å². The lowest BCUT2D eigenvalue weighted by Gasteiger charge is -2.49. The molecule has 0 amide bonds. The van der Waals surface area contributed by atoms with Gasteiger partial charge in [0.05, 0.1) is 12.2 Å². The maximum Gasteiger partial charge on any atom is 0.0594 e. The Morgan fingerprint density at radius 1 is 0.431 bits per heavy atom. The van der Waals surface area contributed by atoms with Crippen molar-refractivity contribution >= 4 is 0 Å². The largest absolute Gasteiger partial charge is 0.393 e. The first-order valence-corrected chi connectivity index (χ1v) is 26.7. The normalized spacial score (nSPS) is 28.5. The molecule has 2 aliphatic rings. The monoisotopic (exact) mass is 819 g/mol. The first-order valence-electron chi connectivity index (χ1n) is 26.7. The minimum atomic E-state index is -0.113. The van der Waals surface area contributed by atoms with E-state index < -0.39 is 0 Å². The predicted molar refractivity (Wildman–Crippen MR) is 263 cm³/mol. The molecule has 58 heavy (non-hydrogen) atoms. The third kappa shape index (κ3) is 23.9. The van der Waals surface area contributed by atoms with Gasteiger partial charge in [0.2, 0.25) is 0 Å². The Morgan fingerprint density at radius 3 is 1.12 bits per heavy atom. The quantitative estimate of drug-likeness (QED) is 0.0772. The molecular formula is C56H114O2. The van der Waals surface area contributed by atoms with E-state index >= 15 is 0 Å². The van der Waals surface area contributed by atoms with Crippen LogP contribution < -0.4 is 0 Å². The molecule has 0 spiro atoms. The average Bonchev–Trinajstić information content (AvgIpc) is 3.16. The topological polar surface area (TPSA) is 40.5 Å². The minimum absolute atomic E-state index is 0.0816. The Kier molecular flexibility index (Phi) is 31.7. The number of aliphatic hydroxyl groups excluding tert-OH is 2. The van der Waals surface area contributed by atoms with Crippen molar-refractivity contribution in [3.8, 4) is 0 Å². The summed E-state index contributed by atoms with van der Waals surface area (Å²) in [6.07, 6.45) is 32.5. The van der Waals surface area contributed by atoms with Gasteiger partial charge < -0.3 is 10.2 Å². The molecule has 350 valence electrons. The summed E-state index contributed by atoms with van der Waals surface area (Å²) in [4.78, 5) is 0. The summed E-state index contributed by atoms with van der Waals surface area (Å²) < 4.78 is 0. The fourth-order valence-corrected chi connectivity index (χ4v) is 11.9.